The summed E-state index contributed by atoms with van der Waals surface area (Å²) in [6.07, 6.45) is 1.70. The molecule has 5 rings (SSSR count). The summed E-state index contributed by atoms with van der Waals surface area (Å²) in [5.74, 6) is -0.731. The molecule has 0 bridgehead atoms. The van der Waals surface area contributed by atoms with Crippen molar-refractivity contribution in [3.05, 3.63) is 101 Å². The van der Waals surface area contributed by atoms with Crippen LogP contribution < -0.4 is 14.8 Å². The standard InChI is InChI=1S/C28H29FN4O5S2/c29-22-7-4-8-24(16-22)39(35,36)32-25(28-30-18-23(31-28)14-11-19-5-2-1-3-6-19)15-20-9-12-21(13-10-20)26-17-27(34)33-40(26,37)38/h1-10,12-13,16,23,25-26,32H,11,14-15,17-18H2,(H,30,31)(H,33,34)/t23-,25?,26?/m1/s1. The van der Waals surface area contributed by atoms with Crippen LogP contribution in [0.3, 0.4) is 0 Å². The summed E-state index contributed by atoms with van der Waals surface area (Å²) in [5.41, 5.74) is 2.39. The van der Waals surface area contributed by atoms with E-state index in [0.717, 1.165) is 24.5 Å². The summed E-state index contributed by atoms with van der Waals surface area (Å²) in [7, 11) is -7.87. The lowest BCUT2D eigenvalue weighted by Gasteiger charge is -2.21. The van der Waals surface area contributed by atoms with Crippen molar-refractivity contribution in [2.24, 2.45) is 4.99 Å². The quantitative estimate of drug-likeness (QED) is 0.336. The fourth-order valence-corrected chi connectivity index (χ4v) is 7.56. The van der Waals surface area contributed by atoms with Gasteiger partial charge in [0, 0.05) is 6.04 Å². The Kier molecular flexibility index (Phi) is 8.02. The molecular weight excluding hydrogens is 555 g/mol. The number of hydrogen-bond acceptors (Lipinski definition) is 7. The van der Waals surface area contributed by atoms with E-state index < -0.39 is 43.1 Å². The number of amides is 1. The maximum absolute atomic E-state index is 13.8. The second-order valence-electron chi connectivity index (χ2n) is 9.93. The average Bonchev–Trinajstić information content (AvgIpc) is 3.51. The van der Waals surface area contributed by atoms with Gasteiger partial charge in [0.25, 0.3) is 0 Å². The zero-order chi connectivity index (χ0) is 28.3. The molecule has 2 heterocycles. The van der Waals surface area contributed by atoms with Gasteiger partial charge in [-0.3, -0.25) is 14.5 Å². The van der Waals surface area contributed by atoms with E-state index in [0.29, 0.717) is 17.9 Å². The van der Waals surface area contributed by atoms with E-state index in [9.17, 15) is 26.0 Å². The van der Waals surface area contributed by atoms with Gasteiger partial charge >= 0.3 is 0 Å². The lowest BCUT2D eigenvalue weighted by molar-refractivity contribution is -0.118. The van der Waals surface area contributed by atoms with E-state index in [1.807, 2.05) is 22.9 Å². The molecule has 1 amide bonds. The third-order valence-electron chi connectivity index (χ3n) is 6.98. The van der Waals surface area contributed by atoms with E-state index in [2.05, 4.69) is 27.2 Å². The molecule has 12 heteroatoms. The van der Waals surface area contributed by atoms with Gasteiger partial charge in [-0.1, -0.05) is 60.7 Å². The molecule has 0 aliphatic carbocycles. The molecule has 3 atom stereocenters. The van der Waals surface area contributed by atoms with Crippen LogP contribution in [0.25, 0.3) is 0 Å². The first-order valence-corrected chi connectivity index (χ1v) is 15.9. The van der Waals surface area contributed by atoms with Gasteiger partial charge < -0.3 is 5.32 Å². The molecule has 2 aliphatic heterocycles. The maximum atomic E-state index is 13.8. The lowest BCUT2D eigenvalue weighted by Crippen LogP contribution is -2.48. The van der Waals surface area contributed by atoms with Crippen LogP contribution in [0.5, 0.6) is 0 Å². The predicted molar refractivity (Wildman–Crippen MR) is 149 cm³/mol. The molecule has 2 aliphatic rings. The number of sulfonamides is 2. The number of nitrogens with one attached hydrogen (secondary N) is 3. The number of rotatable bonds is 10. The van der Waals surface area contributed by atoms with Crippen molar-refractivity contribution in [3.63, 3.8) is 0 Å². The predicted octanol–water partition coefficient (Wildman–Crippen LogP) is 2.61. The number of benzene rings is 3. The van der Waals surface area contributed by atoms with Crippen molar-refractivity contribution in [1.29, 1.82) is 0 Å². The smallest absolute Gasteiger partial charge is 0.242 e. The van der Waals surface area contributed by atoms with Gasteiger partial charge in [0.1, 0.15) is 16.9 Å². The topological polar surface area (TPSA) is 134 Å². The van der Waals surface area contributed by atoms with Gasteiger partial charge in [0.15, 0.2) is 0 Å². The van der Waals surface area contributed by atoms with Crippen LogP contribution in [0.15, 0.2) is 88.8 Å². The maximum Gasteiger partial charge on any atom is 0.242 e. The average molecular weight is 585 g/mol. The van der Waals surface area contributed by atoms with Crippen LogP contribution in [-0.2, 0) is 37.7 Å². The Morgan fingerprint density at radius 2 is 1.75 bits per heavy atom. The molecule has 3 aromatic rings. The van der Waals surface area contributed by atoms with E-state index in [1.165, 1.54) is 23.8 Å². The Bertz CT molecular complexity index is 1630. The van der Waals surface area contributed by atoms with Crippen LogP contribution in [-0.4, -0.2) is 47.2 Å². The normalized spacial score (nSPS) is 20.9. The lowest BCUT2D eigenvalue weighted by atomic mass is 10.0. The number of nitrogens with zero attached hydrogens (tertiary/aromatic N) is 1. The summed E-state index contributed by atoms with van der Waals surface area (Å²) in [5, 5.41) is 2.39. The number of aliphatic imine (C=N–C) groups is 1. The van der Waals surface area contributed by atoms with Gasteiger partial charge in [-0.2, -0.15) is 0 Å². The first-order chi connectivity index (χ1) is 19.1. The Morgan fingerprint density at radius 3 is 2.42 bits per heavy atom. The van der Waals surface area contributed by atoms with Crippen LogP contribution in [0, 0.1) is 5.82 Å². The second kappa shape index (κ2) is 11.5. The molecule has 0 aromatic heterocycles. The van der Waals surface area contributed by atoms with Gasteiger partial charge in [0.2, 0.25) is 26.0 Å². The SMILES string of the molecule is O=C1CC(c2ccc(CC(NS(=O)(=O)c3cccc(F)c3)C3=NC[C@@H](CCc4ccccc4)N3)cc2)S(=O)(=O)N1. The van der Waals surface area contributed by atoms with Gasteiger partial charge in [0.05, 0.1) is 23.9 Å². The second-order valence-corrected chi connectivity index (χ2v) is 13.5. The van der Waals surface area contributed by atoms with Crippen LogP contribution in [0.2, 0.25) is 0 Å². The van der Waals surface area contributed by atoms with Gasteiger partial charge in [-0.05, 0) is 54.2 Å². The summed E-state index contributed by atoms with van der Waals surface area (Å²) in [6.45, 7) is 0.486. The summed E-state index contributed by atoms with van der Waals surface area (Å²) >= 11 is 0. The molecular formula is C28H29FN4O5S2. The summed E-state index contributed by atoms with van der Waals surface area (Å²) < 4.78 is 69.4. The highest BCUT2D eigenvalue weighted by atomic mass is 32.2. The fourth-order valence-electron chi connectivity index (χ4n) is 4.90. The molecule has 210 valence electrons. The van der Waals surface area contributed by atoms with Crippen LogP contribution >= 0.6 is 0 Å². The van der Waals surface area contributed by atoms with Crippen molar-refractivity contribution in [3.8, 4) is 0 Å². The third kappa shape index (κ3) is 6.57. The zero-order valence-electron chi connectivity index (χ0n) is 21.5. The van der Waals surface area contributed by atoms with E-state index in [4.69, 9.17) is 0 Å². The molecule has 40 heavy (non-hydrogen) atoms. The molecule has 9 nitrogen and oxygen atoms in total. The van der Waals surface area contributed by atoms with Crippen molar-refractivity contribution >= 4 is 31.8 Å². The van der Waals surface area contributed by atoms with Gasteiger partial charge in [-0.25, -0.2) is 25.9 Å². The van der Waals surface area contributed by atoms with Crippen molar-refractivity contribution in [1.82, 2.24) is 14.8 Å². The summed E-state index contributed by atoms with van der Waals surface area (Å²) in [6, 6.07) is 20.7. The molecule has 3 aromatic carbocycles. The van der Waals surface area contributed by atoms with E-state index in [1.54, 1.807) is 24.3 Å². The minimum Gasteiger partial charge on any atom is -0.368 e. The van der Waals surface area contributed by atoms with Crippen LogP contribution in [0.4, 0.5) is 4.39 Å². The van der Waals surface area contributed by atoms with Crippen molar-refractivity contribution in [2.45, 2.75) is 47.9 Å². The minimum atomic E-state index is -4.09. The molecule has 0 spiro atoms. The fraction of sp³-hybridized carbons (Fsp3) is 0.286. The number of carbonyl (C=O) groups excluding carboxylic acids is 1. The number of halogens is 1. The Hall–Kier alpha value is -3.61. The molecule has 3 N–H and O–H groups in total. The molecule has 1 fully saturated rings. The Balaban J connectivity index is 1.34. The van der Waals surface area contributed by atoms with Gasteiger partial charge in [-0.15, -0.1) is 0 Å². The third-order valence-corrected chi connectivity index (χ3v) is 10.2. The van der Waals surface area contributed by atoms with Crippen molar-refractivity contribution in [2.75, 3.05) is 6.54 Å². The van der Waals surface area contributed by atoms with E-state index >= 15 is 0 Å². The highest BCUT2D eigenvalue weighted by molar-refractivity contribution is 7.90. The molecule has 0 saturated carbocycles. The number of carbonyl (C=O) groups is 1. The Labute approximate surface area is 233 Å². The Morgan fingerprint density at radius 1 is 1.00 bits per heavy atom. The summed E-state index contributed by atoms with van der Waals surface area (Å²) in [4.78, 5) is 16.0. The largest absolute Gasteiger partial charge is 0.368 e. The van der Waals surface area contributed by atoms with Crippen LogP contribution in [0.1, 0.15) is 34.8 Å². The highest BCUT2D eigenvalue weighted by Crippen LogP contribution is 2.30. The number of amidine groups is 1. The number of hydrogen-bond donors (Lipinski definition) is 3. The first-order valence-electron chi connectivity index (χ1n) is 12.8. The zero-order valence-corrected chi connectivity index (χ0v) is 23.1. The molecule has 2 unspecified atom stereocenters. The van der Waals surface area contributed by atoms with Crippen molar-refractivity contribution < 1.29 is 26.0 Å². The number of aryl methyl sites for hydroxylation is 1. The molecule has 1 saturated heterocycles. The molecule has 0 radical (unpaired) electrons. The minimum absolute atomic E-state index is 0.0244. The van der Waals surface area contributed by atoms with E-state index in [-0.39, 0.29) is 23.8 Å². The highest BCUT2D eigenvalue weighted by Gasteiger charge is 2.38. The first kappa shape index (κ1) is 27.9. The monoisotopic (exact) mass is 584 g/mol.